The Kier molecular flexibility index (Phi) is 4.02. The zero-order chi connectivity index (χ0) is 16.4. The molecule has 0 radical (unpaired) electrons. The van der Waals surface area contributed by atoms with Crippen LogP contribution in [0.2, 0.25) is 0 Å². The zero-order valence-electron chi connectivity index (χ0n) is 13.0. The molecule has 0 unspecified atom stereocenters. The van der Waals surface area contributed by atoms with Crippen LogP contribution in [0.25, 0.3) is 0 Å². The number of para-hydroxylation sites is 1. The number of ether oxygens (including phenoxy) is 2. The summed E-state index contributed by atoms with van der Waals surface area (Å²) >= 11 is 0. The molecule has 118 valence electrons. The predicted octanol–water partition coefficient (Wildman–Crippen LogP) is 2.57. The van der Waals surface area contributed by atoms with Crippen LogP contribution < -0.4 is 9.64 Å². The largest absolute Gasteiger partial charge is 0.497 e. The number of fused-ring (bicyclic) bond motifs is 1. The van der Waals surface area contributed by atoms with Gasteiger partial charge in [0.05, 0.1) is 38.4 Å². The topological polar surface area (TPSA) is 55.8 Å². The van der Waals surface area contributed by atoms with E-state index in [4.69, 9.17) is 9.47 Å². The Morgan fingerprint density at radius 1 is 1.13 bits per heavy atom. The fourth-order valence-electron chi connectivity index (χ4n) is 2.79. The Labute approximate surface area is 134 Å². The fraction of sp³-hybridized carbons (Fsp3) is 0.222. The van der Waals surface area contributed by atoms with Gasteiger partial charge in [-0.1, -0.05) is 24.3 Å². The first-order chi connectivity index (χ1) is 11.1. The standard InChI is InChI=1S/C18H17NO4/c1-22-14-8-6-12(7-9-14)11-19-16(20)10-13-4-3-5-15(17(13)19)18(21)23-2/h3-9H,10-11H2,1-2H3. The lowest BCUT2D eigenvalue weighted by atomic mass is 10.1. The van der Waals surface area contributed by atoms with Crippen LogP contribution in [-0.2, 0) is 22.5 Å². The van der Waals surface area contributed by atoms with Gasteiger partial charge in [-0.3, -0.25) is 4.79 Å². The van der Waals surface area contributed by atoms with Crippen molar-refractivity contribution < 1.29 is 19.1 Å². The Hall–Kier alpha value is -2.82. The van der Waals surface area contributed by atoms with Crippen molar-refractivity contribution in [3.63, 3.8) is 0 Å². The summed E-state index contributed by atoms with van der Waals surface area (Å²) in [5, 5.41) is 0. The molecule has 0 saturated heterocycles. The number of carbonyl (C=O) groups excluding carboxylic acids is 2. The van der Waals surface area contributed by atoms with Gasteiger partial charge in [-0.25, -0.2) is 4.79 Å². The summed E-state index contributed by atoms with van der Waals surface area (Å²) in [7, 11) is 2.95. The minimum absolute atomic E-state index is 0.0211. The molecule has 1 heterocycles. The average molecular weight is 311 g/mol. The SMILES string of the molecule is COC(=O)c1cccc2c1N(Cc1ccc(OC)cc1)C(=O)C2. The van der Waals surface area contributed by atoms with Crippen molar-refractivity contribution in [3.8, 4) is 5.75 Å². The third kappa shape index (κ3) is 2.77. The number of amides is 1. The zero-order valence-corrected chi connectivity index (χ0v) is 13.0. The maximum absolute atomic E-state index is 12.4. The van der Waals surface area contributed by atoms with E-state index in [-0.39, 0.29) is 5.91 Å². The van der Waals surface area contributed by atoms with E-state index in [1.807, 2.05) is 30.3 Å². The van der Waals surface area contributed by atoms with Crippen molar-refractivity contribution >= 4 is 17.6 Å². The molecule has 0 bridgehead atoms. The van der Waals surface area contributed by atoms with Gasteiger partial charge in [0.2, 0.25) is 5.91 Å². The molecule has 1 amide bonds. The van der Waals surface area contributed by atoms with Crippen LogP contribution in [0.5, 0.6) is 5.75 Å². The molecule has 0 aliphatic carbocycles. The summed E-state index contributed by atoms with van der Waals surface area (Å²) in [6.45, 7) is 0.407. The van der Waals surface area contributed by atoms with Crippen molar-refractivity contribution in [2.45, 2.75) is 13.0 Å². The molecule has 0 saturated carbocycles. The van der Waals surface area contributed by atoms with Crippen LogP contribution >= 0.6 is 0 Å². The van der Waals surface area contributed by atoms with Crippen molar-refractivity contribution in [1.82, 2.24) is 0 Å². The Morgan fingerprint density at radius 2 is 1.87 bits per heavy atom. The molecule has 5 nitrogen and oxygen atoms in total. The van der Waals surface area contributed by atoms with E-state index in [9.17, 15) is 9.59 Å². The first kappa shape index (κ1) is 15.1. The fourth-order valence-corrected chi connectivity index (χ4v) is 2.79. The Bertz CT molecular complexity index is 752. The van der Waals surface area contributed by atoms with Crippen LogP contribution in [-0.4, -0.2) is 26.1 Å². The quantitative estimate of drug-likeness (QED) is 0.814. The molecule has 0 aromatic heterocycles. The normalized spacial score (nSPS) is 13.0. The second-order valence-electron chi connectivity index (χ2n) is 5.31. The highest BCUT2D eigenvalue weighted by molar-refractivity contribution is 6.08. The summed E-state index contributed by atoms with van der Waals surface area (Å²) in [6, 6.07) is 12.8. The van der Waals surface area contributed by atoms with Crippen LogP contribution in [0.15, 0.2) is 42.5 Å². The molecule has 2 aromatic rings. The van der Waals surface area contributed by atoms with Gasteiger partial charge >= 0.3 is 5.97 Å². The number of hydrogen-bond acceptors (Lipinski definition) is 4. The van der Waals surface area contributed by atoms with Crippen LogP contribution in [0.3, 0.4) is 0 Å². The number of benzene rings is 2. The highest BCUT2D eigenvalue weighted by Gasteiger charge is 2.31. The van der Waals surface area contributed by atoms with Gasteiger partial charge in [-0.15, -0.1) is 0 Å². The molecule has 3 rings (SSSR count). The highest BCUT2D eigenvalue weighted by Crippen LogP contribution is 2.34. The third-order valence-corrected chi connectivity index (χ3v) is 3.94. The molecule has 2 aromatic carbocycles. The number of anilines is 1. The third-order valence-electron chi connectivity index (χ3n) is 3.94. The van der Waals surface area contributed by atoms with Crippen molar-refractivity contribution in [2.75, 3.05) is 19.1 Å². The molecule has 5 heteroatoms. The van der Waals surface area contributed by atoms with Crippen molar-refractivity contribution in [2.24, 2.45) is 0 Å². The average Bonchev–Trinajstić information content (AvgIpc) is 2.90. The van der Waals surface area contributed by atoms with E-state index in [0.29, 0.717) is 24.2 Å². The van der Waals surface area contributed by atoms with Gasteiger partial charge in [0.1, 0.15) is 5.75 Å². The predicted molar refractivity (Wildman–Crippen MR) is 85.7 cm³/mol. The van der Waals surface area contributed by atoms with Crippen molar-refractivity contribution in [3.05, 3.63) is 59.2 Å². The molecule has 1 aliphatic heterocycles. The number of rotatable bonds is 4. The lowest BCUT2D eigenvalue weighted by Gasteiger charge is -2.20. The van der Waals surface area contributed by atoms with Gasteiger partial charge < -0.3 is 14.4 Å². The van der Waals surface area contributed by atoms with Crippen LogP contribution in [0.1, 0.15) is 21.5 Å². The van der Waals surface area contributed by atoms with Gasteiger partial charge in [-0.05, 0) is 29.3 Å². The maximum Gasteiger partial charge on any atom is 0.339 e. The molecule has 0 spiro atoms. The van der Waals surface area contributed by atoms with Crippen LogP contribution in [0, 0.1) is 0 Å². The molecular weight excluding hydrogens is 294 g/mol. The minimum Gasteiger partial charge on any atom is -0.497 e. The number of methoxy groups -OCH3 is 2. The second kappa shape index (κ2) is 6.12. The summed E-state index contributed by atoms with van der Waals surface area (Å²) in [5.74, 6) is 0.306. The minimum atomic E-state index is -0.434. The number of esters is 1. The Morgan fingerprint density at radius 3 is 2.52 bits per heavy atom. The van der Waals surface area contributed by atoms with Gasteiger partial charge in [0.25, 0.3) is 0 Å². The summed E-state index contributed by atoms with van der Waals surface area (Å²) in [5.41, 5.74) is 2.89. The molecule has 0 N–H and O–H groups in total. The van der Waals surface area contributed by atoms with E-state index in [1.54, 1.807) is 24.1 Å². The number of hydrogen-bond donors (Lipinski definition) is 0. The molecule has 0 atom stereocenters. The van der Waals surface area contributed by atoms with E-state index in [2.05, 4.69) is 0 Å². The Balaban J connectivity index is 1.95. The lowest BCUT2D eigenvalue weighted by molar-refractivity contribution is -0.117. The maximum atomic E-state index is 12.4. The van der Waals surface area contributed by atoms with Crippen molar-refractivity contribution in [1.29, 1.82) is 0 Å². The van der Waals surface area contributed by atoms with Gasteiger partial charge in [0, 0.05) is 0 Å². The van der Waals surface area contributed by atoms with Gasteiger partial charge in [0.15, 0.2) is 0 Å². The smallest absolute Gasteiger partial charge is 0.339 e. The first-order valence-corrected chi connectivity index (χ1v) is 7.27. The van der Waals surface area contributed by atoms with E-state index in [0.717, 1.165) is 16.9 Å². The monoisotopic (exact) mass is 311 g/mol. The van der Waals surface area contributed by atoms with Gasteiger partial charge in [-0.2, -0.15) is 0 Å². The second-order valence-corrected chi connectivity index (χ2v) is 5.31. The number of carbonyl (C=O) groups is 2. The summed E-state index contributed by atoms with van der Waals surface area (Å²) in [4.78, 5) is 26.0. The molecule has 23 heavy (non-hydrogen) atoms. The van der Waals surface area contributed by atoms with E-state index in [1.165, 1.54) is 7.11 Å². The molecular formula is C18H17NO4. The summed E-state index contributed by atoms with van der Waals surface area (Å²) in [6.07, 6.45) is 0.302. The number of nitrogens with zero attached hydrogens (tertiary/aromatic N) is 1. The molecule has 1 aliphatic rings. The van der Waals surface area contributed by atoms with E-state index < -0.39 is 5.97 Å². The first-order valence-electron chi connectivity index (χ1n) is 7.27. The highest BCUT2D eigenvalue weighted by atomic mass is 16.5. The lowest BCUT2D eigenvalue weighted by Crippen LogP contribution is -2.27. The molecule has 0 fully saturated rings. The van der Waals surface area contributed by atoms with E-state index >= 15 is 0 Å². The van der Waals surface area contributed by atoms with Crippen LogP contribution in [0.4, 0.5) is 5.69 Å². The summed E-state index contributed by atoms with van der Waals surface area (Å²) < 4.78 is 9.97.